The van der Waals surface area contributed by atoms with Gasteiger partial charge >= 0.3 is 5.97 Å². The maximum Gasteiger partial charge on any atom is 0.337 e. The summed E-state index contributed by atoms with van der Waals surface area (Å²) in [6.07, 6.45) is 8.38. The zero-order chi connectivity index (χ0) is 15.8. The third-order valence-corrected chi connectivity index (χ3v) is 2.99. The van der Waals surface area contributed by atoms with Crippen molar-refractivity contribution in [1.82, 2.24) is 14.9 Å². The minimum Gasteiger partial charge on any atom is -0.465 e. The minimum absolute atomic E-state index is 0.169. The van der Waals surface area contributed by atoms with E-state index in [1.807, 2.05) is 10.8 Å². The summed E-state index contributed by atoms with van der Waals surface area (Å²) in [5.41, 5.74) is 1.31. The van der Waals surface area contributed by atoms with Gasteiger partial charge < -0.3 is 14.6 Å². The number of carbonyl (C=O) groups is 2. The van der Waals surface area contributed by atoms with Crippen molar-refractivity contribution in [2.45, 2.75) is 6.54 Å². The molecule has 0 spiro atoms. The molecule has 22 heavy (non-hydrogen) atoms. The van der Waals surface area contributed by atoms with E-state index in [9.17, 15) is 9.59 Å². The lowest BCUT2D eigenvalue weighted by molar-refractivity contribution is -0.116. The Bertz CT molecular complexity index is 646. The summed E-state index contributed by atoms with van der Waals surface area (Å²) >= 11 is 0. The van der Waals surface area contributed by atoms with Gasteiger partial charge in [0, 0.05) is 31.6 Å². The van der Waals surface area contributed by atoms with Gasteiger partial charge in [-0.25, -0.2) is 9.78 Å². The predicted octanol–water partition coefficient (Wildman–Crippen LogP) is 1.50. The van der Waals surface area contributed by atoms with Crippen LogP contribution >= 0.6 is 0 Å². The summed E-state index contributed by atoms with van der Waals surface area (Å²) < 4.78 is 6.51. The molecule has 0 aliphatic rings. The molecule has 0 atom stereocenters. The molecule has 0 saturated carbocycles. The number of ether oxygens (including phenoxy) is 1. The predicted molar refractivity (Wildman–Crippen MR) is 82.1 cm³/mol. The van der Waals surface area contributed by atoms with E-state index in [-0.39, 0.29) is 11.9 Å². The number of nitrogens with zero attached hydrogens (tertiary/aromatic N) is 2. The molecule has 0 saturated heterocycles. The van der Waals surface area contributed by atoms with E-state index in [0.717, 1.165) is 5.56 Å². The van der Waals surface area contributed by atoms with Gasteiger partial charge in [0.25, 0.3) is 0 Å². The van der Waals surface area contributed by atoms with Gasteiger partial charge in [-0.05, 0) is 23.8 Å². The molecule has 0 fully saturated rings. The summed E-state index contributed by atoms with van der Waals surface area (Å²) in [6.45, 7) is 1.20. The van der Waals surface area contributed by atoms with Gasteiger partial charge in [0.15, 0.2) is 0 Å². The van der Waals surface area contributed by atoms with E-state index >= 15 is 0 Å². The summed E-state index contributed by atoms with van der Waals surface area (Å²) in [5, 5.41) is 2.78. The fourth-order valence-electron chi connectivity index (χ4n) is 1.81. The molecule has 2 rings (SSSR count). The highest BCUT2D eigenvalue weighted by Gasteiger charge is 2.03. The largest absolute Gasteiger partial charge is 0.465 e. The third kappa shape index (κ3) is 4.59. The third-order valence-electron chi connectivity index (χ3n) is 2.99. The van der Waals surface area contributed by atoms with Gasteiger partial charge in [-0.15, -0.1) is 0 Å². The van der Waals surface area contributed by atoms with Crippen LogP contribution in [0.25, 0.3) is 6.08 Å². The lowest BCUT2D eigenvalue weighted by Crippen LogP contribution is -2.25. The molecule has 1 amide bonds. The molecule has 1 aromatic heterocycles. The monoisotopic (exact) mass is 299 g/mol. The summed E-state index contributed by atoms with van der Waals surface area (Å²) in [4.78, 5) is 26.9. The number of methoxy groups -OCH3 is 1. The second-order valence-corrected chi connectivity index (χ2v) is 4.54. The molecule has 1 N–H and O–H groups in total. The topological polar surface area (TPSA) is 73.2 Å². The van der Waals surface area contributed by atoms with E-state index in [1.54, 1.807) is 42.9 Å². The fraction of sp³-hybridized carbons (Fsp3) is 0.188. The number of benzene rings is 1. The highest BCUT2D eigenvalue weighted by molar-refractivity contribution is 5.92. The van der Waals surface area contributed by atoms with Crippen molar-refractivity contribution in [3.8, 4) is 0 Å². The number of rotatable bonds is 6. The molecule has 6 nitrogen and oxygen atoms in total. The number of nitrogens with one attached hydrogen (secondary N) is 1. The number of aromatic nitrogens is 2. The molecule has 0 aliphatic heterocycles. The average molecular weight is 299 g/mol. The van der Waals surface area contributed by atoms with E-state index < -0.39 is 0 Å². The first kappa shape index (κ1) is 15.5. The summed E-state index contributed by atoms with van der Waals surface area (Å²) in [6, 6.07) is 6.81. The van der Waals surface area contributed by atoms with Crippen LogP contribution in [0.15, 0.2) is 49.1 Å². The Morgan fingerprint density at radius 1 is 1.32 bits per heavy atom. The van der Waals surface area contributed by atoms with E-state index in [1.165, 1.54) is 13.2 Å². The lowest BCUT2D eigenvalue weighted by Gasteiger charge is -2.03. The normalized spacial score (nSPS) is 10.6. The van der Waals surface area contributed by atoms with Crippen molar-refractivity contribution in [3.05, 3.63) is 60.2 Å². The summed E-state index contributed by atoms with van der Waals surface area (Å²) in [5.74, 6) is -0.551. The van der Waals surface area contributed by atoms with Crippen molar-refractivity contribution in [3.63, 3.8) is 0 Å². The maximum absolute atomic E-state index is 11.7. The minimum atomic E-state index is -0.382. The number of imidazole rings is 1. The van der Waals surface area contributed by atoms with E-state index in [2.05, 4.69) is 15.0 Å². The standard InChI is InChI=1S/C16H17N3O3/c1-22-16(21)14-5-2-13(3-6-14)4-7-15(20)18-9-11-19-10-8-17-12-19/h2-8,10,12H,9,11H2,1H3,(H,18,20). The average Bonchev–Trinajstić information content (AvgIpc) is 3.06. The van der Waals surface area contributed by atoms with E-state index in [0.29, 0.717) is 18.7 Å². The van der Waals surface area contributed by atoms with Crippen molar-refractivity contribution in [1.29, 1.82) is 0 Å². The zero-order valence-electron chi connectivity index (χ0n) is 12.2. The van der Waals surface area contributed by atoms with Crippen LogP contribution in [-0.2, 0) is 16.1 Å². The Balaban J connectivity index is 1.80. The first-order chi connectivity index (χ1) is 10.7. The van der Waals surface area contributed by atoms with E-state index in [4.69, 9.17) is 0 Å². The quantitative estimate of drug-likeness (QED) is 0.648. The second-order valence-electron chi connectivity index (χ2n) is 4.54. The molecular formula is C16H17N3O3. The molecule has 2 aromatic rings. The van der Waals surface area contributed by atoms with Crippen LogP contribution in [0.2, 0.25) is 0 Å². The van der Waals surface area contributed by atoms with Crippen molar-refractivity contribution in [2.24, 2.45) is 0 Å². The van der Waals surface area contributed by atoms with Crippen LogP contribution in [0.3, 0.4) is 0 Å². The van der Waals surface area contributed by atoms with Crippen molar-refractivity contribution in [2.75, 3.05) is 13.7 Å². The van der Waals surface area contributed by atoms with Gasteiger partial charge in [0.05, 0.1) is 19.0 Å². The van der Waals surface area contributed by atoms with Crippen LogP contribution in [0.1, 0.15) is 15.9 Å². The number of hydrogen-bond donors (Lipinski definition) is 1. The van der Waals surface area contributed by atoms with Crippen LogP contribution in [0, 0.1) is 0 Å². The van der Waals surface area contributed by atoms with Crippen LogP contribution in [-0.4, -0.2) is 35.1 Å². The van der Waals surface area contributed by atoms with Crippen LogP contribution in [0.4, 0.5) is 0 Å². The summed E-state index contributed by atoms with van der Waals surface area (Å²) in [7, 11) is 1.34. The Hall–Kier alpha value is -2.89. The number of esters is 1. The van der Waals surface area contributed by atoms with Crippen LogP contribution < -0.4 is 5.32 Å². The highest BCUT2D eigenvalue weighted by atomic mass is 16.5. The lowest BCUT2D eigenvalue weighted by atomic mass is 10.1. The van der Waals surface area contributed by atoms with Gasteiger partial charge in [0.2, 0.25) is 5.91 Å². The maximum atomic E-state index is 11.7. The first-order valence-corrected chi connectivity index (χ1v) is 6.79. The molecule has 1 heterocycles. The number of carbonyl (C=O) groups excluding carboxylic acids is 2. The molecule has 0 unspecified atom stereocenters. The molecule has 114 valence electrons. The molecule has 0 radical (unpaired) electrons. The first-order valence-electron chi connectivity index (χ1n) is 6.79. The van der Waals surface area contributed by atoms with Gasteiger partial charge in [-0.2, -0.15) is 0 Å². The Morgan fingerprint density at radius 2 is 2.09 bits per heavy atom. The van der Waals surface area contributed by atoms with Crippen LogP contribution in [0.5, 0.6) is 0 Å². The number of amides is 1. The smallest absolute Gasteiger partial charge is 0.337 e. The molecule has 1 aromatic carbocycles. The van der Waals surface area contributed by atoms with Crippen molar-refractivity contribution >= 4 is 18.0 Å². The van der Waals surface area contributed by atoms with Gasteiger partial charge in [0.1, 0.15) is 0 Å². The highest BCUT2D eigenvalue weighted by Crippen LogP contribution is 2.07. The zero-order valence-corrected chi connectivity index (χ0v) is 12.2. The molecule has 0 aliphatic carbocycles. The second kappa shape index (κ2) is 7.78. The Labute approximate surface area is 128 Å². The molecule has 6 heteroatoms. The van der Waals surface area contributed by atoms with Crippen molar-refractivity contribution < 1.29 is 14.3 Å². The molecular weight excluding hydrogens is 282 g/mol. The fourth-order valence-corrected chi connectivity index (χ4v) is 1.81. The Morgan fingerprint density at radius 3 is 2.73 bits per heavy atom. The Kier molecular flexibility index (Phi) is 5.48. The number of hydrogen-bond acceptors (Lipinski definition) is 4. The van der Waals surface area contributed by atoms with Gasteiger partial charge in [-0.1, -0.05) is 12.1 Å². The molecule has 0 bridgehead atoms. The van der Waals surface area contributed by atoms with Gasteiger partial charge in [-0.3, -0.25) is 4.79 Å². The SMILES string of the molecule is COC(=O)c1ccc(C=CC(=O)NCCn2ccnc2)cc1.